The molecule has 8 aromatic rings. The van der Waals surface area contributed by atoms with Gasteiger partial charge in [0.05, 0.1) is 16.7 Å². The molecule has 0 bridgehead atoms. The summed E-state index contributed by atoms with van der Waals surface area (Å²) in [5.41, 5.74) is 9.20. The number of hydrogen-bond donors (Lipinski definition) is 0. The predicted octanol–water partition coefficient (Wildman–Crippen LogP) is 9.39. The van der Waals surface area contributed by atoms with Crippen LogP contribution in [0.25, 0.3) is 77.5 Å². The van der Waals surface area contributed by atoms with E-state index < -0.39 is 0 Å². The lowest BCUT2D eigenvalue weighted by Gasteiger charge is -2.12. The van der Waals surface area contributed by atoms with E-state index in [4.69, 9.17) is 15.0 Å². The minimum atomic E-state index is 0.679. The van der Waals surface area contributed by atoms with Crippen LogP contribution in [0.5, 0.6) is 0 Å². The van der Waals surface area contributed by atoms with Crippen molar-refractivity contribution in [2.45, 2.75) is 0 Å². The first-order valence-electron chi connectivity index (χ1n) is 14.0. The summed E-state index contributed by atoms with van der Waals surface area (Å²) in [7, 11) is 0. The highest BCUT2D eigenvalue weighted by atomic mass is 14.9. The number of hydrogen-bond acceptors (Lipinski definition) is 4. The topological polar surface area (TPSA) is 51.6 Å². The fourth-order valence-electron chi connectivity index (χ4n) is 5.74. The van der Waals surface area contributed by atoms with Crippen molar-refractivity contribution in [1.29, 1.82) is 0 Å². The van der Waals surface area contributed by atoms with Crippen LogP contribution in [0.1, 0.15) is 0 Å². The lowest BCUT2D eigenvalue weighted by Crippen LogP contribution is -1.93. The minimum absolute atomic E-state index is 0.679. The van der Waals surface area contributed by atoms with Crippen LogP contribution in [0.2, 0.25) is 0 Å². The van der Waals surface area contributed by atoms with Gasteiger partial charge in [-0.1, -0.05) is 109 Å². The Balaban J connectivity index is 1.15. The van der Waals surface area contributed by atoms with Crippen LogP contribution in [-0.4, -0.2) is 19.9 Å². The average molecular weight is 537 g/mol. The van der Waals surface area contributed by atoms with Crippen LogP contribution in [0.15, 0.2) is 146 Å². The van der Waals surface area contributed by atoms with Gasteiger partial charge in [-0.25, -0.2) is 15.0 Å². The van der Waals surface area contributed by atoms with Crippen molar-refractivity contribution in [2.75, 3.05) is 0 Å². The number of aromatic nitrogens is 4. The molecule has 0 aliphatic rings. The molecule has 196 valence electrons. The first kappa shape index (κ1) is 24.1. The van der Waals surface area contributed by atoms with Crippen LogP contribution < -0.4 is 0 Å². The zero-order valence-electron chi connectivity index (χ0n) is 22.6. The van der Waals surface area contributed by atoms with Gasteiger partial charge >= 0.3 is 0 Å². The van der Waals surface area contributed by atoms with Crippen LogP contribution in [0.3, 0.4) is 0 Å². The molecule has 0 radical (unpaired) electrons. The van der Waals surface area contributed by atoms with E-state index in [-0.39, 0.29) is 0 Å². The summed E-state index contributed by atoms with van der Waals surface area (Å²) >= 11 is 0. The summed E-state index contributed by atoms with van der Waals surface area (Å²) in [4.78, 5) is 19.2. The molecule has 0 aliphatic carbocycles. The highest BCUT2D eigenvalue weighted by Crippen LogP contribution is 2.35. The Kier molecular flexibility index (Phi) is 5.75. The van der Waals surface area contributed by atoms with E-state index >= 15 is 0 Å². The molecule has 0 saturated carbocycles. The van der Waals surface area contributed by atoms with Gasteiger partial charge in [-0.2, -0.15) is 0 Å². The Morgan fingerprint density at radius 2 is 1.05 bits per heavy atom. The molecule has 0 N–H and O–H groups in total. The van der Waals surface area contributed by atoms with Crippen LogP contribution in [0, 0.1) is 0 Å². The zero-order chi connectivity index (χ0) is 27.9. The Morgan fingerprint density at radius 1 is 0.405 bits per heavy atom. The van der Waals surface area contributed by atoms with Crippen molar-refractivity contribution in [1.82, 2.24) is 19.9 Å². The third-order valence-electron chi connectivity index (χ3n) is 7.82. The maximum atomic E-state index is 5.02. The Morgan fingerprint density at radius 3 is 1.83 bits per heavy atom. The van der Waals surface area contributed by atoms with E-state index in [0.717, 1.165) is 49.8 Å². The molecule has 4 nitrogen and oxygen atoms in total. The van der Waals surface area contributed by atoms with Crippen LogP contribution in [0.4, 0.5) is 0 Å². The highest BCUT2D eigenvalue weighted by Gasteiger charge is 2.12. The van der Waals surface area contributed by atoms with Crippen molar-refractivity contribution in [3.8, 4) is 44.9 Å². The summed E-state index contributed by atoms with van der Waals surface area (Å²) in [6, 6.07) is 44.0. The number of rotatable bonds is 4. The van der Waals surface area contributed by atoms with Crippen molar-refractivity contribution < 1.29 is 0 Å². The molecule has 8 rings (SSSR count). The van der Waals surface area contributed by atoms with Gasteiger partial charge in [-0.15, -0.1) is 0 Å². The van der Waals surface area contributed by atoms with E-state index in [1.165, 1.54) is 21.9 Å². The maximum Gasteiger partial charge on any atom is 0.159 e. The summed E-state index contributed by atoms with van der Waals surface area (Å²) in [5, 5.41) is 4.55. The molecule has 0 amide bonds. The number of fused-ring (bicyclic) bond motifs is 4. The number of nitrogens with zero attached hydrogens (tertiary/aromatic N) is 4. The quantitative estimate of drug-likeness (QED) is 0.210. The molecule has 0 atom stereocenters. The van der Waals surface area contributed by atoms with Gasteiger partial charge in [-0.05, 0) is 45.7 Å². The van der Waals surface area contributed by atoms with Gasteiger partial charge < -0.3 is 0 Å². The fourth-order valence-corrected chi connectivity index (χ4v) is 5.74. The van der Waals surface area contributed by atoms with E-state index in [9.17, 15) is 0 Å². The fraction of sp³-hybridized carbons (Fsp3) is 0. The summed E-state index contributed by atoms with van der Waals surface area (Å²) < 4.78 is 0. The molecule has 42 heavy (non-hydrogen) atoms. The van der Waals surface area contributed by atoms with E-state index in [1.807, 2.05) is 42.9 Å². The molecule has 3 aromatic heterocycles. The molecule has 4 heteroatoms. The highest BCUT2D eigenvalue weighted by molar-refractivity contribution is 6.05. The van der Waals surface area contributed by atoms with Crippen LogP contribution in [-0.2, 0) is 0 Å². The normalized spacial score (nSPS) is 11.3. The standard InChI is InChI=1S/C38H24N4/c1-2-8-25(9-3-1)31-18-19-32(34-14-5-4-13-33(31)34)30-23-40-38(41-24-30)29-11-6-10-28(22-29)35-20-17-27-16-15-26-12-7-21-39-36(26)37(27)42-35/h1-24H. The minimum Gasteiger partial charge on any atom is -0.254 e. The molecule has 5 aromatic carbocycles. The van der Waals surface area contributed by atoms with Crippen molar-refractivity contribution in [2.24, 2.45) is 0 Å². The molecule has 0 saturated heterocycles. The van der Waals surface area contributed by atoms with Gasteiger partial charge in [0.15, 0.2) is 5.82 Å². The molecule has 0 unspecified atom stereocenters. The molecule has 0 fully saturated rings. The smallest absolute Gasteiger partial charge is 0.159 e. The second kappa shape index (κ2) is 10.0. The third kappa shape index (κ3) is 4.18. The number of pyridine rings is 2. The zero-order valence-corrected chi connectivity index (χ0v) is 22.6. The SMILES string of the molecule is c1ccc(-c2ccc(-c3cnc(-c4cccc(-c5ccc6ccc7cccnc7c6n5)c4)nc3)c3ccccc23)cc1. The average Bonchev–Trinajstić information content (AvgIpc) is 3.08. The Hall–Kier alpha value is -5.74. The first-order chi connectivity index (χ1) is 20.8. The summed E-state index contributed by atoms with van der Waals surface area (Å²) in [6.07, 6.45) is 5.66. The van der Waals surface area contributed by atoms with E-state index in [0.29, 0.717) is 5.82 Å². The van der Waals surface area contributed by atoms with Gasteiger partial charge in [-0.3, -0.25) is 4.98 Å². The predicted molar refractivity (Wildman–Crippen MR) is 172 cm³/mol. The molecule has 3 heterocycles. The van der Waals surface area contributed by atoms with Crippen LogP contribution >= 0.6 is 0 Å². The lowest BCUT2D eigenvalue weighted by atomic mass is 9.93. The Labute approximate surface area is 243 Å². The molecule has 0 spiro atoms. The van der Waals surface area contributed by atoms with Gasteiger partial charge in [0, 0.05) is 46.1 Å². The largest absolute Gasteiger partial charge is 0.254 e. The third-order valence-corrected chi connectivity index (χ3v) is 7.82. The first-order valence-corrected chi connectivity index (χ1v) is 14.0. The second-order valence-electron chi connectivity index (χ2n) is 10.4. The Bertz CT molecular complexity index is 2240. The summed E-state index contributed by atoms with van der Waals surface area (Å²) in [5.74, 6) is 0.679. The second-order valence-corrected chi connectivity index (χ2v) is 10.4. The van der Waals surface area contributed by atoms with Crippen molar-refractivity contribution in [3.05, 3.63) is 146 Å². The molecular weight excluding hydrogens is 512 g/mol. The lowest BCUT2D eigenvalue weighted by molar-refractivity contribution is 1.18. The van der Waals surface area contributed by atoms with E-state index in [1.54, 1.807) is 0 Å². The van der Waals surface area contributed by atoms with Crippen molar-refractivity contribution >= 4 is 32.6 Å². The van der Waals surface area contributed by atoms with Gasteiger partial charge in [0.1, 0.15) is 0 Å². The number of benzene rings is 5. The van der Waals surface area contributed by atoms with Gasteiger partial charge in [0.2, 0.25) is 0 Å². The summed E-state index contributed by atoms with van der Waals surface area (Å²) in [6.45, 7) is 0. The maximum absolute atomic E-state index is 5.02. The van der Waals surface area contributed by atoms with Crippen molar-refractivity contribution in [3.63, 3.8) is 0 Å². The van der Waals surface area contributed by atoms with Gasteiger partial charge in [0.25, 0.3) is 0 Å². The van der Waals surface area contributed by atoms with E-state index in [2.05, 4.69) is 108 Å². The monoisotopic (exact) mass is 536 g/mol. The molecule has 0 aliphatic heterocycles. The molecular formula is C38H24N4.